The fourth-order valence-electron chi connectivity index (χ4n) is 7.57. The maximum Gasteiger partial charge on any atom is 0.139 e. The Kier molecular flexibility index (Phi) is 10.8. The lowest BCUT2D eigenvalue weighted by Gasteiger charge is -2.25. The van der Waals surface area contributed by atoms with E-state index in [-0.39, 0.29) is 5.92 Å². The third-order valence-corrected chi connectivity index (χ3v) is 10.7. The highest BCUT2D eigenvalue weighted by Gasteiger charge is 2.22. The lowest BCUT2D eigenvalue weighted by Crippen LogP contribution is -2.11. The quantitative estimate of drug-likeness (QED) is 0.154. The van der Waals surface area contributed by atoms with Crippen LogP contribution in [0.25, 0.3) is 49.8 Å². The molecule has 2 heteroatoms. The number of aryl methyl sites for hydroxylation is 2. The fourth-order valence-corrected chi connectivity index (χ4v) is 7.57. The maximum atomic E-state index is 6.78. The summed E-state index contributed by atoms with van der Waals surface area (Å²) >= 11 is 0. The summed E-state index contributed by atoms with van der Waals surface area (Å²) in [5, 5.41) is 2.26. The molecule has 0 saturated carbocycles. The summed E-state index contributed by atoms with van der Waals surface area (Å²) in [4.78, 5) is 2.26. The summed E-state index contributed by atoms with van der Waals surface area (Å²) < 4.78 is 6.78. The maximum absolute atomic E-state index is 6.78. The number of furan rings is 1. The summed E-state index contributed by atoms with van der Waals surface area (Å²) in [6.45, 7) is 18.8. The molecule has 0 N–H and O–H groups in total. The molecule has 0 fully saturated rings. The number of hydrogen-bond donors (Lipinski definition) is 0. The van der Waals surface area contributed by atoms with E-state index in [0.29, 0.717) is 0 Å². The summed E-state index contributed by atoms with van der Waals surface area (Å²) in [5.74, 6) is 0.240. The molecule has 54 heavy (non-hydrogen) atoms. The second kappa shape index (κ2) is 16.0. The van der Waals surface area contributed by atoms with Crippen LogP contribution in [0.3, 0.4) is 0 Å². The Hall–Kier alpha value is -5.86. The van der Waals surface area contributed by atoms with Crippen LogP contribution in [0.15, 0.2) is 168 Å². The highest BCUT2D eigenvalue weighted by molar-refractivity contribution is 6.09. The first-order valence-electron chi connectivity index (χ1n) is 19.4. The van der Waals surface area contributed by atoms with E-state index in [1.807, 2.05) is 6.92 Å². The first-order chi connectivity index (χ1) is 26.2. The molecule has 2 heterocycles. The molecule has 0 radical (unpaired) electrons. The minimum absolute atomic E-state index is 0.240. The van der Waals surface area contributed by atoms with Crippen LogP contribution in [-0.2, 0) is 6.42 Å². The van der Waals surface area contributed by atoms with Gasteiger partial charge in [0.1, 0.15) is 11.2 Å². The lowest BCUT2D eigenvalue weighted by atomic mass is 9.86. The molecule has 1 aromatic heterocycles. The van der Waals surface area contributed by atoms with Gasteiger partial charge in [0, 0.05) is 39.7 Å². The van der Waals surface area contributed by atoms with Crippen LogP contribution in [0, 0.1) is 6.92 Å². The minimum atomic E-state index is 0.240. The predicted octanol–water partition coefficient (Wildman–Crippen LogP) is 15.4. The molecule has 1 aliphatic carbocycles. The normalized spacial score (nSPS) is 16.2. The molecule has 2 nitrogen and oxygen atoms in total. The average molecular weight is 706 g/mol. The highest BCUT2D eigenvalue weighted by Crippen LogP contribution is 2.43. The van der Waals surface area contributed by atoms with Crippen molar-refractivity contribution in [1.29, 1.82) is 0 Å². The van der Waals surface area contributed by atoms with Crippen LogP contribution >= 0.6 is 0 Å². The SMILES string of the molecule is C=C(C)CC.C=C1/C=C\C=C/N(c2ccc3oc4c(C5C=C(C)C=CC5)cc(-c5ccc(CCC)c(-c6ccccc6C)c5)cc4c3c2)c2ccccc21. The van der Waals surface area contributed by atoms with Crippen LogP contribution in [-0.4, -0.2) is 0 Å². The first-order valence-corrected chi connectivity index (χ1v) is 19.4. The van der Waals surface area contributed by atoms with Gasteiger partial charge in [-0.3, -0.25) is 0 Å². The van der Waals surface area contributed by atoms with Crippen LogP contribution in [0.1, 0.15) is 75.1 Å². The molecule has 1 unspecified atom stereocenters. The summed E-state index contributed by atoms with van der Waals surface area (Å²) in [7, 11) is 0. The molecule has 2 aliphatic rings. The first kappa shape index (κ1) is 36.5. The van der Waals surface area contributed by atoms with Gasteiger partial charge >= 0.3 is 0 Å². The van der Waals surface area contributed by atoms with E-state index in [1.54, 1.807) is 0 Å². The van der Waals surface area contributed by atoms with Gasteiger partial charge in [-0.15, -0.1) is 6.58 Å². The Labute approximate surface area is 321 Å². The minimum Gasteiger partial charge on any atom is -0.456 e. The van der Waals surface area contributed by atoms with E-state index in [0.717, 1.165) is 70.1 Å². The van der Waals surface area contributed by atoms with E-state index in [1.165, 1.54) is 50.1 Å². The van der Waals surface area contributed by atoms with E-state index < -0.39 is 0 Å². The number of nitrogens with zero attached hydrogens (tertiary/aromatic N) is 1. The number of rotatable bonds is 7. The summed E-state index contributed by atoms with van der Waals surface area (Å²) in [6.07, 6.45) is 19.5. The zero-order valence-corrected chi connectivity index (χ0v) is 32.5. The molecule has 1 atom stereocenters. The van der Waals surface area contributed by atoms with Gasteiger partial charge < -0.3 is 9.32 Å². The molecule has 0 bridgehead atoms. The molecular formula is C52H51NO. The molecule has 5 aromatic carbocycles. The number of hydrogen-bond acceptors (Lipinski definition) is 2. The summed E-state index contributed by atoms with van der Waals surface area (Å²) in [6, 6.07) is 35.6. The van der Waals surface area contributed by atoms with Crippen molar-refractivity contribution in [2.45, 2.75) is 66.2 Å². The molecule has 0 spiro atoms. The average Bonchev–Trinajstić information content (AvgIpc) is 3.55. The second-order valence-corrected chi connectivity index (χ2v) is 14.7. The number of fused-ring (bicyclic) bond motifs is 4. The number of para-hydroxylation sites is 1. The van der Waals surface area contributed by atoms with Crippen molar-refractivity contribution < 1.29 is 4.42 Å². The van der Waals surface area contributed by atoms with Gasteiger partial charge in [-0.25, -0.2) is 0 Å². The zero-order valence-electron chi connectivity index (χ0n) is 32.5. The van der Waals surface area contributed by atoms with Crippen molar-refractivity contribution in [2.75, 3.05) is 4.90 Å². The Morgan fingerprint density at radius 3 is 2.33 bits per heavy atom. The lowest BCUT2D eigenvalue weighted by molar-refractivity contribution is 0.657. The van der Waals surface area contributed by atoms with Gasteiger partial charge in [0.15, 0.2) is 0 Å². The number of allylic oxidation sites excluding steroid dienone is 9. The van der Waals surface area contributed by atoms with E-state index >= 15 is 0 Å². The van der Waals surface area contributed by atoms with Crippen molar-refractivity contribution in [1.82, 2.24) is 0 Å². The fraction of sp³-hybridized carbons (Fsp3) is 0.192. The predicted molar refractivity (Wildman–Crippen MR) is 235 cm³/mol. The van der Waals surface area contributed by atoms with Gasteiger partial charge in [-0.05, 0) is 128 Å². The van der Waals surface area contributed by atoms with Gasteiger partial charge in [-0.2, -0.15) is 0 Å². The molecule has 1 aliphatic heterocycles. The zero-order chi connectivity index (χ0) is 37.8. The van der Waals surface area contributed by atoms with Crippen molar-refractivity contribution in [3.05, 3.63) is 186 Å². The Morgan fingerprint density at radius 2 is 1.57 bits per heavy atom. The molecular weight excluding hydrogens is 655 g/mol. The van der Waals surface area contributed by atoms with Crippen molar-refractivity contribution in [3.8, 4) is 22.3 Å². The third-order valence-electron chi connectivity index (χ3n) is 10.7. The monoisotopic (exact) mass is 705 g/mol. The number of benzene rings is 5. The van der Waals surface area contributed by atoms with Gasteiger partial charge in [0.05, 0.1) is 5.69 Å². The molecule has 8 rings (SSSR count). The van der Waals surface area contributed by atoms with Crippen LogP contribution in [0.5, 0.6) is 0 Å². The Bertz CT molecular complexity index is 2500. The van der Waals surface area contributed by atoms with Crippen LogP contribution in [0.4, 0.5) is 11.4 Å². The van der Waals surface area contributed by atoms with Crippen LogP contribution < -0.4 is 4.90 Å². The molecule has 6 aromatic rings. The van der Waals surface area contributed by atoms with E-state index in [9.17, 15) is 0 Å². The largest absolute Gasteiger partial charge is 0.456 e. The van der Waals surface area contributed by atoms with Gasteiger partial charge in [0.2, 0.25) is 0 Å². The van der Waals surface area contributed by atoms with E-state index in [2.05, 4.69) is 185 Å². The van der Waals surface area contributed by atoms with Gasteiger partial charge in [0.25, 0.3) is 0 Å². The standard InChI is InChI=1S/C47H41NO.C5H10/c1-5-13-34-21-22-35(27-41(34)39-18-7-6-15-32(39)3)37-28-42(36-17-12-14-31(2)26-36)47-44(29-37)43-30-38(23-24-46(43)49-47)48-25-11-10-16-33(4)40-19-8-9-20-45(40)48;1-4-5(2)3/h6-12,14-16,18-30,36H,4-5,13,17H2,1-3H3;2,4H2,1,3H3/b16-10-,25-11-;. The second-order valence-electron chi connectivity index (χ2n) is 14.7. The van der Waals surface area contributed by atoms with Crippen molar-refractivity contribution >= 4 is 38.9 Å². The molecule has 270 valence electrons. The van der Waals surface area contributed by atoms with Crippen LogP contribution in [0.2, 0.25) is 0 Å². The molecule has 0 amide bonds. The van der Waals surface area contributed by atoms with Gasteiger partial charge in [-0.1, -0.05) is 123 Å². The topological polar surface area (TPSA) is 16.4 Å². The summed E-state index contributed by atoms with van der Waals surface area (Å²) in [5.41, 5.74) is 17.7. The smallest absolute Gasteiger partial charge is 0.139 e. The third kappa shape index (κ3) is 7.48. The van der Waals surface area contributed by atoms with Crippen molar-refractivity contribution in [2.24, 2.45) is 0 Å². The highest BCUT2D eigenvalue weighted by atomic mass is 16.3. The van der Waals surface area contributed by atoms with E-state index in [4.69, 9.17) is 4.42 Å². The Balaban J connectivity index is 0.000000846. The molecule has 0 saturated heterocycles. The number of anilines is 2. The van der Waals surface area contributed by atoms with Crippen molar-refractivity contribution in [3.63, 3.8) is 0 Å². The Morgan fingerprint density at radius 1 is 0.796 bits per heavy atom.